The molecule has 3 aromatic heterocycles. The zero-order valence-electron chi connectivity index (χ0n) is 17.2. The molecule has 0 atom stereocenters. The lowest BCUT2D eigenvalue weighted by Gasteiger charge is -2.09. The second kappa shape index (κ2) is 8.19. The minimum Gasteiger partial charge on any atom is -0.305 e. The molecule has 1 amide bonds. The summed E-state index contributed by atoms with van der Waals surface area (Å²) >= 11 is 7.81. The van der Waals surface area contributed by atoms with Crippen molar-refractivity contribution >= 4 is 45.0 Å². The van der Waals surface area contributed by atoms with Crippen molar-refractivity contribution in [3.63, 3.8) is 0 Å². The molecule has 0 bridgehead atoms. The minimum absolute atomic E-state index is 0.181. The maximum Gasteiger partial charge on any atom is 0.333 e. The maximum absolute atomic E-state index is 13.4. The Hall–Kier alpha value is -3.95. The fourth-order valence-corrected chi connectivity index (χ4v) is 4.67. The van der Waals surface area contributed by atoms with Crippen molar-refractivity contribution in [1.29, 1.82) is 0 Å². The third-order valence-electron chi connectivity index (χ3n) is 5.03. The van der Waals surface area contributed by atoms with Gasteiger partial charge in [-0.1, -0.05) is 41.9 Å². The van der Waals surface area contributed by atoms with Gasteiger partial charge in [0.1, 0.15) is 10.7 Å². The highest BCUT2D eigenvalue weighted by Crippen LogP contribution is 2.28. The van der Waals surface area contributed by atoms with Gasteiger partial charge in [0.25, 0.3) is 5.56 Å². The molecule has 8 nitrogen and oxygen atoms in total. The van der Waals surface area contributed by atoms with Gasteiger partial charge in [-0.2, -0.15) is 0 Å². The Morgan fingerprint density at radius 3 is 2.42 bits per heavy atom. The van der Waals surface area contributed by atoms with Crippen LogP contribution in [0.1, 0.15) is 6.92 Å². The summed E-state index contributed by atoms with van der Waals surface area (Å²) in [4.78, 5) is 44.3. The largest absolute Gasteiger partial charge is 0.333 e. The van der Waals surface area contributed by atoms with Crippen LogP contribution in [-0.2, 0) is 4.79 Å². The molecule has 0 saturated heterocycles. The van der Waals surface area contributed by atoms with Gasteiger partial charge in [-0.3, -0.25) is 14.2 Å². The molecule has 0 aliphatic rings. The zero-order chi connectivity index (χ0) is 23.1. The van der Waals surface area contributed by atoms with Crippen LogP contribution in [0.4, 0.5) is 5.13 Å². The van der Waals surface area contributed by atoms with E-state index < -0.39 is 11.2 Å². The summed E-state index contributed by atoms with van der Waals surface area (Å²) in [7, 11) is 0. The number of halogens is 1. The fourth-order valence-electron chi connectivity index (χ4n) is 3.61. The van der Waals surface area contributed by atoms with Gasteiger partial charge in [0, 0.05) is 23.6 Å². The molecular weight excluding hydrogens is 462 g/mol. The Bertz CT molecular complexity index is 1610. The van der Waals surface area contributed by atoms with Gasteiger partial charge in [0.2, 0.25) is 5.91 Å². The number of carbonyl (C=O) groups excluding carboxylic acids is 1. The van der Waals surface area contributed by atoms with Crippen LogP contribution in [-0.4, -0.2) is 25.0 Å². The van der Waals surface area contributed by atoms with Crippen LogP contribution in [0, 0.1) is 0 Å². The topological polar surface area (TPSA) is 102 Å². The summed E-state index contributed by atoms with van der Waals surface area (Å²) in [5.41, 5.74) is 2.27. The molecule has 5 rings (SSSR count). The van der Waals surface area contributed by atoms with Crippen LogP contribution < -0.4 is 16.6 Å². The Labute approximate surface area is 195 Å². The van der Waals surface area contributed by atoms with Gasteiger partial charge in [-0.25, -0.2) is 14.3 Å². The molecule has 0 fully saturated rings. The Morgan fingerprint density at radius 2 is 1.73 bits per heavy atom. The number of H-pyrrole nitrogens is 1. The van der Waals surface area contributed by atoms with Crippen molar-refractivity contribution in [2.24, 2.45) is 0 Å². The number of aromatic nitrogens is 4. The van der Waals surface area contributed by atoms with Crippen molar-refractivity contribution in [2.45, 2.75) is 6.92 Å². The van der Waals surface area contributed by atoms with E-state index in [0.29, 0.717) is 22.0 Å². The second-order valence-corrected chi connectivity index (χ2v) is 8.48. The molecule has 2 aromatic carbocycles. The molecule has 0 aliphatic carbocycles. The van der Waals surface area contributed by atoms with Crippen molar-refractivity contribution in [1.82, 2.24) is 19.1 Å². The van der Waals surface area contributed by atoms with Gasteiger partial charge in [-0.15, -0.1) is 11.3 Å². The zero-order valence-corrected chi connectivity index (χ0v) is 18.8. The van der Waals surface area contributed by atoms with E-state index in [1.807, 2.05) is 35.7 Å². The van der Waals surface area contributed by atoms with Crippen LogP contribution in [0.5, 0.6) is 0 Å². The minimum atomic E-state index is -0.540. The number of anilines is 1. The van der Waals surface area contributed by atoms with Crippen molar-refractivity contribution < 1.29 is 4.79 Å². The first-order valence-corrected chi connectivity index (χ1v) is 11.1. The number of fused-ring (bicyclic) bond motifs is 1. The predicted molar refractivity (Wildman–Crippen MR) is 130 cm³/mol. The smallest absolute Gasteiger partial charge is 0.305 e. The third-order valence-corrected chi connectivity index (χ3v) is 6.06. The van der Waals surface area contributed by atoms with E-state index >= 15 is 0 Å². The standard InChI is InChI=1S/C23H16ClN5O3S/c1-13(30)25-22-26-18(12-33-22)14-7-9-16(10-8-14)28-19(24)11-17-20(28)21(31)29(23(32)27-17)15-5-3-2-4-6-15/h2-12H,1H3,(H,27,32)(H,25,26,30). The SMILES string of the molecule is CC(=O)Nc1nc(-c2ccc(-n3c(Cl)cc4[nH]c(=O)n(-c5ccccc5)c(=O)c43)cc2)cs1. The highest BCUT2D eigenvalue weighted by atomic mass is 35.5. The molecule has 0 aliphatic heterocycles. The van der Waals surface area contributed by atoms with E-state index in [1.165, 1.54) is 18.3 Å². The summed E-state index contributed by atoms with van der Waals surface area (Å²) < 4.78 is 2.69. The number of benzene rings is 2. The van der Waals surface area contributed by atoms with Gasteiger partial charge < -0.3 is 10.3 Å². The number of para-hydroxylation sites is 1. The van der Waals surface area contributed by atoms with Crippen LogP contribution >= 0.6 is 22.9 Å². The molecule has 0 saturated carbocycles. The monoisotopic (exact) mass is 477 g/mol. The van der Waals surface area contributed by atoms with Crippen LogP contribution in [0.2, 0.25) is 5.15 Å². The van der Waals surface area contributed by atoms with Crippen LogP contribution in [0.15, 0.2) is 75.6 Å². The number of nitrogens with one attached hydrogen (secondary N) is 2. The van der Waals surface area contributed by atoms with Crippen LogP contribution in [0.3, 0.4) is 0 Å². The van der Waals surface area contributed by atoms with Gasteiger partial charge >= 0.3 is 5.69 Å². The van der Waals surface area contributed by atoms with E-state index in [-0.39, 0.29) is 16.6 Å². The number of aromatic amines is 1. The average molecular weight is 478 g/mol. The van der Waals surface area contributed by atoms with Crippen LogP contribution in [0.25, 0.3) is 33.7 Å². The summed E-state index contributed by atoms with van der Waals surface area (Å²) in [5.74, 6) is -0.181. The molecule has 164 valence electrons. The summed E-state index contributed by atoms with van der Waals surface area (Å²) in [5, 5.41) is 5.33. The lowest BCUT2D eigenvalue weighted by atomic mass is 10.1. The third kappa shape index (κ3) is 3.77. The summed E-state index contributed by atoms with van der Waals surface area (Å²) in [6.07, 6.45) is 0. The van der Waals surface area contributed by atoms with E-state index in [9.17, 15) is 14.4 Å². The normalized spacial score (nSPS) is 11.1. The average Bonchev–Trinajstić information content (AvgIpc) is 3.38. The lowest BCUT2D eigenvalue weighted by Crippen LogP contribution is -2.34. The molecule has 10 heteroatoms. The van der Waals surface area contributed by atoms with E-state index in [4.69, 9.17) is 11.6 Å². The molecule has 5 aromatic rings. The molecule has 0 radical (unpaired) electrons. The summed E-state index contributed by atoms with van der Waals surface area (Å²) in [6, 6.07) is 17.6. The van der Waals surface area contributed by atoms with Gasteiger partial charge in [0.05, 0.1) is 16.9 Å². The number of hydrogen-bond donors (Lipinski definition) is 2. The van der Waals surface area contributed by atoms with E-state index in [1.54, 1.807) is 34.9 Å². The first kappa shape index (κ1) is 20.9. The number of hydrogen-bond acceptors (Lipinski definition) is 5. The highest BCUT2D eigenvalue weighted by molar-refractivity contribution is 7.14. The second-order valence-electron chi connectivity index (χ2n) is 7.24. The number of carbonyl (C=O) groups is 1. The molecule has 3 heterocycles. The van der Waals surface area contributed by atoms with Crippen molar-refractivity contribution in [3.05, 3.63) is 92.0 Å². The molecule has 33 heavy (non-hydrogen) atoms. The number of thiazole rings is 1. The van der Waals surface area contributed by atoms with E-state index in [0.717, 1.165) is 15.8 Å². The quantitative estimate of drug-likeness (QED) is 0.405. The summed E-state index contributed by atoms with van der Waals surface area (Å²) in [6.45, 7) is 1.43. The molecule has 0 unspecified atom stereocenters. The fraction of sp³-hybridized carbons (Fsp3) is 0.0435. The highest BCUT2D eigenvalue weighted by Gasteiger charge is 2.18. The van der Waals surface area contributed by atoms with Gasteiger partial charge in [-0.05, 0) is 30.3 Å². The first-order chi connectivity index (χ1) is 15.9. The Balaban J connectivity index is 1.61. The molecular formula is C23H16ClN5O3S. The van der Waals surface area contributed by atoms with Crippen molar-refractivity contribution in [3.8, 4) is 22.6 Å². The Kier molecular flexibility index (Phi) is 5.20. The molecule has 2 N–H and O–H groups in total. The van der Waals surface area contributed by atoms with Crippen molar-refractivity contribution in [2.75, 3.05) is 5.32 Å². The van der Waals surface area contributed by atoms with E-state index in [2.05, 4.69) is 15.3 Å². The Morgan fingerprint density at radius 1 is 1.03 bits per heavy atom. The molecule has 0 spiro atoms. The lowest BCUT2D eigenvalue weighted by molar-refractivity contribution is -0.114. The van der Waals surface area contributed by atoms with Gasteiger partial charge in [0.15, 0.2) is 5.13 Å². The predicted octanol–water partition coefficient (Wildman–Crippen LogP) is 4.21. The number of nitrogens with zero attached hydrogens (tertiary/aromatic N) is 3. The maximum atomic E-state index is 13.4. The first-order valence-electron chi connectivity index (χ1n) is 9.88. The number of rotatable bonds is 4. The number of amides is 1.